The molecule has 0 bridgehead atoms. The second-order valence-electron chi connectivity index (χ2n) is 3.66. The van der Waals surface area contributed by atoms with Crippen molar-refractivity contribution in [3.05, 3.63) is 23.7 Å². The molecule has 2 heterocycles. The molecule has 0 saturated heterocycles. The highest BCUT2D eigenvalue weighted by Crippen LogP contribution is 2.40. The average Bonchev–Trinajstić information content (AvgIpc) is 2.87. The summed E-state index contributed by atoms with van der Waals surface area (Å²) in [5.41, 5.74) is 2.69. The fourth-order valence-corrected chi connectivity index (χ4v) is 1.45. The van der Waals surface area contributed by atoms with Gasteiger partial charge in [0.05, 0.1) is 0 Å². The van der Waals surface area contributed by atoms with Crippen molar-refractivity contribution in [2.75, 3.05) is 0 Å². The van der Waals surface area contributed by atoms with Crippen molar-refractivity contribution in [2.24, 2.45) is 0 Å². The van der Waals surface area contributed by atoms with Crippen molar-refractivity contribution >= 4 is 11.2 Å². The first kappa shape index (κ1) is 7.06. The maximum absolute atomic E-state index is 5.52. The molecule has 3 heteroatoms. The Morgan fingerprint density at radius 2 is 2.31 bits per heavy atom. The number of fused-ring (bicyclic) bond motifs is 1. The van der Waals surface area contributed by atoms with E-state index < -0.39 is 0 Å². The Morgan fingerprint density at radius 1 is 1.46 bits per heavy atom. The molecular weight excluding hydrogens is 164 g/mol. The lowest BCUT2D eigenvalue weighted by Crippen LogP contribution is -1.77. The molecule has 1 fully saturated rings. The molecule has 0 aliphatic heterocycles. The molecule has 3 rings (SSSR count). The fraction of sp³-hybridized carbons (Fsp3) is 0.400. The van der Waals surface area contributed by atoms with Gasteiger partial charge in [-0.15, -0.1) is 0 Å². The molecule has 0 N–H and O–H groups in total. The number of hydrogen-bond donors (Lipinski definition) is 0. The standard InChI is InChI=1S/C10H10N2O/c1-6-4-8-10(11-5-6)13-9(12-8)7-2-3-7/h4-5,7H,2-3H2,1H3. The molecule has 1 aliphatic rings. The van der Waals surface area contributed by atoms with Crippen molar-refractivity contribution in [3.8, 4) is 0 Å². The molecule has 1 aliphatic carbocycles. The lowest BCUT2D eigenvalue weighted by molar-refractivity contribution is 0.524. The number of pyridine rings is 1. The van der Waals surface area contributed by atoms with Gasteiger partial charge in [-0.05, 0) is 31.4 Å². The van der Waals surface area contributed by atoms with Crippen molar-refractivity contribution in [3.63, 3.8) is 0 Å². The second kappa shape index (κ2) is 2.31. The molecule has 2 aromatic rings. The Bertz CT molecular complexity index is 457. The van der Waals surface area contributed by atoms with Gasteiger partial charge < -0.3 is 4.42 Å². The summed E-state index contributed by atoms with van der Waals surface area (Å²) in [7, 11) is 0. The minimum atomic E-state index is 0.564. The number of rotatable bonds is 1. The molecule has 3 nitrogen and oxygen atoms in total. The molecule has 66 valence electrons. The van der Waals surface area contributed by atoms with Gasteiger partial charge in [-0.25, -0.2) is 9.97 Å². The lowest BCUT2D eigenvalue weighted by Gasteiger charge is -1.86. The molecular formula is C10H10N2O. The van der Waals surface area contributed by atoms with Gasteiger partial charge in [-0.3, -0.25) is 0 Å². The topological polar surface area (TPSA) is 38.9 Å². The van der Waals surface area contributed by atoms with Crippen LogP contribution < -0.4 is 0 Å². The summed E-state index contributed by atoms with van der Waals surface area (Å²) in [5.74, 6) is 1.43. The van der Waals surface area contributed by atoms with E-state index in [9.17, 15) is 0 Å². The summed E-state index contributed by atoms with van der Waals surface area (Å²) in [6.45, 7) is 2.01. The van der Waals surface area contributed by atoms with E-state index in [2.05, 4.69) is 9.97 Å². The third-order valence-corrected chi connectivity index (χ3v) is 2.33. The van der Waals surface area contributed by atoms with Gasteiger partial charge in [0.25, 0.3) is 0 Å². The van der Waals surface area contributed by atoms with Crippen LogP contribution in [0, 0.1) is 6.92 Å². The van der Waals surface area contributed by atoms with Crippen LogP contribution in [0.5, 0.6) is 0 Å². The average molecular weight is 174 g/mol. The van der Waals surface area contributed by atoms with E-state index in [-0.39, 0.29) is 0 Å². The SMILES string of the molecule is Cc1cnc2oc(C3CC3)nc2c1. The molecule has 0 radical (unpaired) electrons. The van der Waals surface area contributed by atoms with Crippen LogP contribution in [0.4, 0.5) is 0 Å². The second-order valence-corrected chi connectivity index (χ2v) is 3.66. The fourth-order valence-electron chi connectivity index (χ4n) is 1.45. The van der Waals surface area contributed by atoms with E-state index in [0.29, 0.717) is 11.6 Å². The quantitative estimate of drug-likeness (QED) is 0.666. The zero-order valence-corrected chi connectivity index (χ0v) is 7.45. The molecule has 0 unspecified atom stereocenters. The van der Waals surface area contributed by atoms with Crippen LogP contribution in [0.1, 0.15) is 30.2 Å². The molecule has 1 saturated carbocycles. The molecule has 0 spiro atoms. The van der Waals surface area contributed by atoms with Crippen LogP contribution in [0.25, 0.3) is 11.2 Å². The van der Waals surface area contributed by atoms with Crippen LogP contribution in [0.2, 0.25) is 0 Å². The van der Waals surface area contributed by atoms with E-state index in [1.54, 1.807) is 0 Å². The van der Waals surface area contributed by atoms with Crippen LogP contribution >= 0.6 is 0 Å². The molecule has 2 aromatic heterocycles. The number of hydrogen-bond acceptors (Lipinski definition) is 3. The van der Waals surface area contributed by atoms with Crippen molar-refractivity contribution in [1.29, 1.82) is 0 Å². The normalized spacial score (nSPS) is 16.7. The Kier molecular flexibility index (Phi) is 1.26. The van der Waals surface area contributed by atoms with Crippen LogP contribution in [-0.2, 0) is 0 Å². The highest BCUT2D eigenvalue weighted by Gasteiger charge is 2.29. The number of nitrogens with zero attached hydrogens (tertiary/aromatic N) is 2. The molecule has 0 atom stereocenters. The zero-order valence-electron chi connectivity index (χ0n) is 7.45. The van der Waals surface area contributed by atoms with Crippen LogP contribution in [-0.4, -0.2) is 9.97 Å². The van der Waals surface area contributed by atoms with Crippen molar-refractivity contribution in [1.82, 2.24) is 9.97 Å². The van der Waals surface area contributed by atoms with Crippen molar-refractivity contribution in [2.45, 2.75) is 25.7 Å². The molecule has 13 heavy (non-hydrogen) atoms. The minimum Gasteiger partial charge on any atom is -0.422 e. The Balaban J connectivity index is 2.20. The maximum atomic E-state index is 5.52. The zero-order chi connectivity index (χ0) is 8.84. The van der Waals surface area contributed by atoms with Crippen LogP contribution in [0.15, 0.2) is 16.7 Å². The van der Waals surface area contributed by atoms with E-state index in [0.717, 1.165) is 17.0 Å². The van der Waals surface area contributed by atoms with Gasteiger partial charge >= 0.3 is 0 Å². The largest absolute Gasteiger partial charge is 0.422 e. The summed E-state index contributed by atoms with van der Waals surface area (Å²) in [6.07, 6.45) is 4.24. The summed E-state index contributed by atoms with van der Waals surface area (Å²) < 4.78 is 5.52. The van der Waals surface area contributed by atoms with E-state index >= 15 is 0 Å². The first-order valence-corrected chi connectivity index (χ1v) is 4.56. The Morgan fingerprint density at radius 3 is 3.08 bits per heavy atom. The minimum absolute atomic E-state index is 0.564. The van der Waals surface area contributed by atoms with Gasteiger partial charge in [0, 0.05) is 12.1 Å². The number of aryl methyl sites for hydroxylation is 1. The van der Waals surface area contributed by atoms with Gasteiger partial charge in [0.2, 0.25) is 11.6 Å². The maximum Gasteiger partial charge on any atom is 0.246 e. The molecule has 0 aromatic carbocycles. The lowest BCUT2D eigenvalue weighted by atomic mass is 10.3. The Hall–Kier alpha value is -1.38. The van der Waals surface area contributed by atoms with Gasteiger partial charge in [0.15, 0.2) is 0 Å². The highest BCUT2D eigenvalue weighted by molar-refractivity contribution is 5.68. The predicted molar refractivity (Wildman–Crippen MR) is 48.5 cm³/mol. The third kappa shape index (κ3) is 1.11. The van der Waals surface area contributed by atoms with Gasteiger partial charge in [-0.2, -0.15) is 0 Å². The number of oxazole rings is 1. The summed E-state index contributed by atoms with van der Waals surface area (Å²) >= 11 is 0. The van der Waals surface area contributed by atoms with Gasteiger partial charge in [-0.1, -0.05) is 0 Å². The summed E-state index contributed by atoms with van der Waals surface area (Å²) in [6, 6.07) is 2.01. The van der Waals surface area contributed by atoms with Crippen LogP contribution in [0.3, 0.4) is 0 Å². The summed E-state index contributed by atoms with van der Waals surface area (Å²) in [4.78, 5) is 8.59. The highest BCUT2D eigenvalue weighted by atomic mass is 16.4. The van der Waals surface area contributed by atoms with E-state index in [4.69, 9.17) is 4.42 Å². The molecule has 0 amide bonds. The first-order chi connectivity index (χ1) is 6.33. The van der Waals surface area contributed by atoms with E-state index in [1.807, 2.05) is 19.2 Å². The van der Waals surface area contributed by atoms with Gasteiger partial charge in [0.1, 0.15) is 5.52 Å². The van der Waals surface area contributed by atoms with Crippen molar-refractivity contribution < 1.29 is 4.42 Å². The summed E-state index contributed by atoms with van der Waals surface area (Å²) in [5, 5.41) is 0. The Labute approximate surface area is 75.8 Å². The smallest absolute Gasteiger partial charge is 0.246 e. The predicted octanol–water partition coefficient (Wildman–Crippen LogP) is 2.41. The first-order valence-electron chi connectivity index (χ1n) is 4.56. The number of aromatic nitrogens is 2. The van der Waals surface area contributed by atoms with E-state index in [1.165, 1.54) is 12.8 Å². The monoisotopic (exact) mass is 174 g/mol. The third-order valence-electron chi connectivity index (χ3n) is 2.33.